The van der Waals surface area contributed by atoms with Gasteiger partial charge in [-0.2, -0.15) is 0 Å². The third-order valence-corrected chi connectivity index (χ3v) is 6.60. The number of fused-ring (bicyclic) bond motifs is 1. The predicted octanol–water partition coefficient (Wildman–Crippen LogP) is 6.78. The molecule has 172 valence electrons. The summed E-state index contributed by atoms with van der Waals surface area (Å²) in [5.74, 6) is 1.47. The van der Waals surface area contributed by atoms with Crippen molar-refractivity contribution in [1.29, 1.82) is 0 Å². The van der Waals surface area contributed by atoms with Crippen LogP contribution in [-0.4, -0.2) is 19.5 Å². The molecule has 0 radical (unpaired) electrons. The van der Waals surface area contributed by atoms with E-state index in [2.05, 4.69) is 32.9 Å². The summed E-state index contributed by atoms with van der Waals surface area (Å²) in [5.41, 5.74) is 11.1. The lowest BCUT2D eigenvalue weighted by atomic mass is 9.68. The van der Waals surface area contributed by atoms with E-state index in [1.54, 1.807) is 7.11 Å². The van der Waals surface area contributed by atoms with Gasteiger partial charge in [-0.3, -0.25) is 4.79 Å². The van der Waals surface area contributed by atoms with Gasteiger partial charge >= 0.3 is 0 Å². The number of Topliss-reactive ketones (excluding diaryl/α,β-unsaturated/α-hetero) is 1. The summed E-state index contributed by atoms with van der Waals surface area (Å²) in [4.78, 5) is 13.6. The van der Waals surface area contributed by atoms with Gasteiger partial charge in [0.05, 0.1) is 13.7 Å². The van der Waals surface area contributed by atoms with E-state index in [-0.39, 0.29) is 17.1 Å². The summed E-state index contributed by atoms with van der Waals surface area (Å²) >= 11 is 0. The van der Waals surface area contributed by atoms with Crippen LogP contribution in [0.4, 0.5) is 5.69 Å². The first-order chi connectivity index (χ1) is 15.8. The lowest BCUT2D eigenvalue weighted by Gasteiger charge is -2.35. The lowest BCUT2D eigenvalue weighted by Crippen LogP contribution is -2.27. The summed E-state index contributed by atoms with van der Waals surface area (Å²) < 4.78 is 11.3. The normalized spacial score (nSPS) is 16.7. The maximum absolute atomic E-state index is 13.6. The van der Waals surface area contributed by atoms with Crippen molar-refractivity contribution < 1.29 is 14.3 Å². The largest absolute Gasteiger partial charge is 0.493 e. The molecule has 0 aliphatic heterocycles. The molecule has 0 saturated heterocycles. The van der Waals surface area contributed by atoms with Gasteiger partial charge in [0.2, 0.25) is 0 Å². The van der Waals surface area contributed by atoms with Gasteiger partial charge in [0.25, 0.3) is 0 Å². The minimum absolute atomic E-state index is 0.105. The number of hydrogen-bond donors (Lipinski definition) is 1. The lowest BCUT2D eigenvalue weighted by molar-refractivity contribution is -0.118. The number of ether oxygens (including phenoxy) is 2. The van der Waals surface area contributed by atoms with Gasteiger partial charge in [0.15, 0.2) is 17.3 Å². The van der Waals surface area contributed by atoms with Crippen LogP contribution >= 0.6 is 0 Å². The SMILES string of the molecule is CCOc1ccc(C(C)C2=C(c3c(N)ccc4ccccc34)CC(C)(C)CC2=O)cc1OC. The molecule has 0 fully saturated rings. The number of anilines is 1. The molecule has 0 amide bonds. The van der Waals surface area contributed by atoms with Gasteiger partial charge in [-0.15, -0.1) is 0 Å². The minimum Gasteiger partial charge on any atom is -0.493 e. The van der Waals surface area contributed by atoms with Gasteiger partial charge in [-0.25, -0.2) is 0 Å². The number of ketones is 1. The molecule has 0 heterocycles. The molecular weight excluding hydrogens is 410 g/mol. The minimum atomic E-state index is -0.129. The highest BCUT2D eigenvalue weighted by atomic mass is 16.5. The van der Waals surface area contributed by atoms with Crippen LogP contribution in [0.1, 0.15) is 57.6 Å². The molecular formula is C29H33NO3. The zero-order chi connectivity index (χ0) is 23.8. The number of carbonyl (C=O) groups excluding carboxylic acids is 1. The van der Waals surface area contributed by atoms with Crippen LogP contribution in [0.2, 0.25) is 0 Å². The molecule has 3 aromatic rings. The van der Waals surface area contributed by atoms with Crippen molar-refractivity contribution in [3.05, 3.63) is 71.3 Å². The van der Waals surface area contributed by atoms with E-state index in [0.717, 1.165) is 39.5 Å². The van der Waals surface area contributed by atoms with Gasteiger partial charge in [-0.05, 0) is 58.9 Å². The zero-order valence-corrected chi connectivity index (χ0v) is 20.2. The number of nitrogen functional groups attached to an aromatic ring is 1. The fraction of sp³-hybridized carbons (Fsp3) is 0.345. The molecule has 4 nitrogen and oxygen atoms in total. The second-order valence-corrected chi connectivity index (χ2v) is 9.65. The third kappa shape index (κ3) is 4.35. The Hall–Kier alpha value is -3.27. The van der Waals surface area contributed by atoms with Crippen LogP contribution in [-0.2, 0) is 4.79 Å². The highest BCUT2D eigenvalue weighted by Crippen LogP contribution is 2.48. The van der Waals surface area contributed by atoms with Gasteiger partial charge in [-0.1, -0.05) is 57.2 Å². The summed E-state index contributed by atoms with van der Waals surface area (Å²) in [6.45, 7) is 8.93. The topological polar surface area (TPSA) is 61.5 Å². The standard InChI is InChI=1S/C29H33NO3/c1-6-33-25-14-12-20(15-26(25)32-5)18(2)27-22(16-29(3,4)17-24(27)31)28-21-10-8-7-9-19(21)11-13-23(28)30/h7-15,18H,6,16-17,30H2,1-5H3. The molecule has 0 saturated carbocycles. The third-order valence-electron chi connectivity index (χ3n) is 6.60. The van der Waals surface area contributed by atoms with Crippen LogP contribution in [0, 0.1) is 5.41 Å². The Kier molecular flexibility index (Phi) is 6.20. The second-order valence-electron chi connectivity index (χ2n) is 9.65. The maximum atomic E-state index is 13.6. The van der Waals surface area contributed by atoms with Crippen molar-refractivity contribution in [2.24, 2.45) is 5.41 Å². The van der Waals surface area contributed by atoms with Crippen LogP contribution in [0.3, 0.4) is 0 Å². The van der Waals surface area contributed by atoms with Crippen LogP contribution in [0.25, 0.3) is 16.3 Å². The summed E-state index contributed by atoms with van der Waals surface area (Å²) in [5, 5.41) is 2.21. The molecule has 1 unspecified atom stereocenters. The molecule has 4 heteroatoms. The molecule has 4 rings (SSSR count). The molecule has 3 aromatic carbocycles. The van der Waals surface area contributed by atoms with Crippen molar-refractivity contribution in [1.82, 2.24) is 0 Å². The van der Waals surface area contributed by atoms with Crippen molar-refractivity contribution in [2.45, 2.75) is 46.5 Å². The molecule has 1 atom stereocenters. The molecule has 1 aliphatic rings. The number of carbonyl (C=O) groups is 1. The van der Waals surface area contributed by atoms with Crippen molar-refractivity contribution in [3.63, 3.8) is 0 Å². The van der Waals surface area contributed by atoms with Gasteiger partial charge in [0, 0.05) is 29.2 Å². The van der Waals surface area contributed by atoms with E-state index in [1.165, 1.54) is 0 Å². The summed E-state index contributed by atoms with van der Waals surface area (Å²) in [6, 6.07) is 18.2. The van der Waals surface area contributed by atoms with E-state index in [4.69, 9.17) is 15.2 Å². The van der Waals surface area contributed by atoms with Gasteiger partial charge < -0.3 is 15.2 Å². The first kappa shape index (κ1) is 22.9. The number of allylic oxidation sites excluding steroid dienone is 2. The zero-order valence-electron chi connectivity index (χ0n) is 20.2. The molecule has 0 bridgehead atoms. The summed E-state index contributed by atoms with van der Waals surface area (Å²) in [7, 11) is 1.64. The summed E-state index contributed by atoms with van der Waals surface area (Å²) in [6.07, 6.45) is 1.32. The van der Waals surface area contributed by atoms with Crippen molar-refractivity contribution >= 4 is 27.8 Å². The number of hydrogen-bond acceptors (Lipinski definition) is 4. The van der Waals surface area contributed by atoms with Crippen molar-refractivity contribution in [2.75, 3.05) is 19.5 Å². The fourth-order valence-corrected chi connectivity index (χ4v) is 5.08. The highest BCUT2D eigenvalue weighted by molar-refractivity contribution is 6.10. The number of methoxy groups -OCH3 is 1. The second kappa shape index (κ2) is 8.93. The first-order valence-electron chi connectivity index (χ1n) is 11.6. The first-order valence-corrected chi connectivity index (χ1v) is 11.6. The van der Waals surface area contributed by atoms with Crippen LogP contribution in [0.15, 0.2) is 60.2 Å². The van der Waals surface area contributed by atoms with Crippen molar-refractivity contribution in [3.8, 4) is 11.5 Å². The Bertz CT molecular complexity index is 1240. The Morgan fingerprint density at radius 3 is 2.52 bits per heavy atom. The van der Waals surface area contributed by atoms with E-state index in [0.29, 0.717) is 30.2 Å². The quantitative estimate of drug-likeness (QED) is 0.427. The molecule has 0 spiro atoms. The number of rotatable bonds is 6. The van der Waals surface area contributed by atoms with E-state index < -0.39 is 0 Å². The number of nitrogens with two attached hydrogens (primary N) is 1. The van der Waals surface area contributed by atoms with Crippen LogP contribution in [0.5, 0.6) is 11.5 Å². The molecule has 33 heavy (non-hydrogen) atoms. The van der Waals surface area contributed by atoms with Gasteiger partial charge in [0.1, 0.15) is 0 Å². The van der Waals surface area contributed by atoms with E-state index in [9.17, 15) is 4.79 Å². The van der Waals surface area contributed by atoms with E-state index in [1.807, 2.05) is 49.4 Å². The van der Waals surface area contributed by atoms with E-state index >= 15 is 0 Å². The number of benzene rings is 3. The Labute approximate surface area is 196 Å². The Morgan fingerprint density at radius 2 is 1.79 bits per heavy atom. The molecule has 0 aromatic heterocycles. The average Bonchev–Trinajstić information content (AvgIpc) is 2.78. The predicted molar refractivity (Wildman–Crippen MR) is 136 cm³/mol. The smallest absolute Gasteiger partial charge is 0.161 e. The molecule has 2 N–H and O–H groups in total. The monoisotopic (exact) mass is 443 g/mol. The Balaban J connectivity index is 1.94. The Morgan fingerprint density at radius 1 is 1.03 bits per heavy atom. The fourth-order valence-electron chi connectivity index (χ4n) is 5.08. The van der Waals surface area contributed by atoms with Crippen LogP contribution < -0.4 is 15.2 Å². The molecule has 1 aliphatic carbocycles. The average molecular weight is 444 g/mol. The maximum Gasteiger partial charge on any atom is 0.161 e. The highest BCUT2D eigenvalue weighted by Gasteiger charge is 2.37.